The highest BCUT2D eigenvalue weighted by atomic mass is 79.9. The second kappa shape index (κ2) is 7.50. The molecule has 0 aliphatic heterocycles. The minimum Gasteiger partial charge on any atom is -0.392 e. The first-order valence-electron chi connectivity index (χ1n) is 6.31. The van der Waals surface area contributed by atoms with Gasteiger partial charge in [-0.15, -0.1) is 0 Å². The van der Waals surface area contributed by atoms with Gasteiger partial charge < -0.3 is 15.3 Å². The van der Waals surface area contributed by atoms with Gasteiger partial charge in [-0.1, -0.05) is 29.8 Å². The molecule has 0 bridgehead atoms. The van der Waals surface area contributed by atoms with Crippen LogP contribution in [0, 0.1) is 5.92 Å². The molecule has 0 saturated carbocycles. The van der Waals surface area contributed by atoms with E-state index >= 15 is 0 Å². The van der Waals surface area contributed by atoms with Crippen LogP contribution < -0.4 is 10.2 Å². The molecule has 0 heterocycles. The van der Waals surface area contributed by atoms with Crippen molar-refractivity contribution < 1.29 is 9.90 Å². The molecule has 1 aromatic rings. The lowest BCUT2D eigenvalue weighted by molar-refractivity contribution is -0.119. The summed E-state index contributed by atoms with van der Waals surface area (Å²) in [5, 5.41) is 12.2. The van der Waals surface area contributed by atoms with Crippen LogP contribution in [0.5, 0.6) is 0 Å². The second-order valence-corrected chi connectivity index (χ2v) is 5.90. The molecule has 19 heavy (non-hydrogen) atoms. The molecule has 106 valence electrons. The number of carbonyl (C=O) groups excluding carboxylic acids is 1. The van der Waals surface area contributed by atoms with Gasteiger partial charge in [0.1, 0.15) is 0 Å². The molecule has 1 rings (SSSR count). The Labute approximate surface area is 122 Å². The SMILES string of the molecule is CC(C)CNC(=O)CN(C)c1ccc(Br)cc1CO. The third-order valence-electron chi connectivity index (χ3n) is 2.71. The molecule has 0 aromatic heterocycles. The Balaban J connectivity index is 2.67. The van der Waals surface area contributed by atoms with E-state index in [0.717, 1.165) is 15.7 Å². The number of benzene rings is 1. The van der Waals surface area contributed by atoms with E-state index in [1.54, 1.807) is 0 Å². The number of nitrogens with one attached hydrogen (secondary N) is 1. The molecule has 4 nitrogen and oxygen atoms in total. The van der Waals surface area contributed by atoms with E-state index in [0.29, 0.717) is 12.5 Å². The number of anilines is 1. The van der Waals surface area contributed by atoms with Crippen LogP contribution in [0.1, 0.15) is 19.4 Å². The maximum atomic E-state index is 11.8. The maximum absolute atomic E-state index is 11.8. The number of rotatable bonds is 6. The summed E-state index contributed by atoms with van der Waals surface area (Å²) in [5.41, 5.74) is 1.67. The van der Waals surface area contributed by atoms with Crippen LogP contribution >= 0.6 is 15.9 Å². The molecule has 0 aliphatic carbocycles. The molecule has 1 aromatic carbocycles. The molecule has 0 saturated heterocycles. The number of hydrogen-bond acceptors (Lipinski definition) is 3. The molecule has 0 fully saturated rings. The van der Waals surface area contributed by atoms with Crippen LogP contribution in [0.4, 0.5) is 5.69 Å². The number of halogens is 1. The van der Waals surface area contributed by atoms with Gasteiger partial charge in [0, 0.05) is 29.3 Å². The van der Waals surface area contributed by atoms with Crippen molar-refractivity contribution in [3.05, 3.63) is 28.2 Å². The van der Waals surface area contributed by atoms with Crippen molar-refractivity contribution >= 4 is 27.5 Å². The summed E-state index contributed by atoms with van der Waals surface area (Å²) in [6.07, 6.45) is 0. The van der Waals surface area contributed by atoms with E-state index in [1.807, 2.05) is 30.1 Å². The van der Waals surface area contributed by atoms with E-state index < -0.39 is 0 Å². The zero-order chi connectivity index (χ0) is 14.4. The van der Waals surface area contributed by atoms with Crippen molar-refractivity contribution in [3.8, 4) is 0 Å². The summed E-state index contributed by atoms with van der Waals surface area (Å²) in [7, 11) is 1.84. The second-order valence-electron chi connectivity index (χ2n) is 4.99. The lowest BCUT2D eigenvalue weighted by Crippen LogP contribution is -2.37. The molecular formula is C14H21BrN2O2. The van der Waals surface area contributed by atoms with Crippen molar-refractivity contribution in [2.75, 3.05) is 25.0 Å². The quantitative estimate of drug-likeness (QED) is 0.841. The minimum absolute atomic E-state index is 0.0111. The van der Waals surface area contributed by atoms with Crippen LogP contribution in [0.25, 0.3) is 0 Å². The van der Waals surface area contributed by atoms with Crippen molar-refractivity contribution in [1.82, 2.24) is 5.32 Å². The van der Waals surface area contributed by atoms with Crippen LogP contribution in [0.2, 0.25) is 0 Å². The highest BCUT2D eigenvalue weighted by molar-refractivity contribution is 9.10. The third-order valence-corrected chi connectivity index (χ3v) is 3.20. The lowest BCUT2D eigenvalue weighted by atomic mass is 10.1. The van der Waals surface area contributed by atoms with Gasteiger partial charge in [0.05, 0.1) is 13.2 Å². The van der Waals surface area contributed by atoms with E-state index in [4.69, 9.17) is 0 Å². The van der Waals surface area contributed by atoms with Crippen molar-refractivity contribution in [3.63, 3.8) is 0 Å². The molecule has 0 radical (unpaired) electrons. The first-order valence-corrected chi connectivity index (χ1v) is 7.10. The fourth-order valence-corrected chi connectivity index (χ4v) is 2.14. The number of likely N-dealkylation sites (N-methyl/N-ethyl adjacent to an activating group) is 1. The average molecular weight is 329 g/mol. The van der Waals surface area contributed by atoms with Crippen LogP contribution in [-0.4, -0.2) is 31.2 Å². The van der Waals surface area contributed by atoms with Gasteiger partial charge in [0.2, 0.25) is 5.91 Å². The van der Waals surface area contributed by atoms with E-state index in [2.05, 4.69) is 35.1 Å². The maximum Gasteiger partial charge on any atom is 0.239 e. The molecule has 0 spiro atoms. The molecular weight excluding hydrogens is 308 g/mol. The fourth-order valence-electron chi connectivity index (χ4n) is 1.73. The van der Waals surface area contributed by atoms with Gasteiger partial charge in [-0.2, -0.15) is 0 Å². The highest BCUT2D eigenvalue weighted by Gasteiger charge is 2.11. The molecule has 0 atom stereocenters. The Morgan fingerprint density at radius 2 is 2.16 bits per heavy atom. The average Bonchev–Trinajstić information content (AvgIpc) is 2.35. The van der Waals surface area contributed by atoms with E-state index in [-0.39, 0.29) is 19.1 Å². The molecule has 0 unspecified atom stereocenters. The predicted octanol–water partition coefficient (Wildman–Crippen LogP) is 2.15. The van der Waals surface area contributed by atoms with E-state index in [9.17, 15) is 9.90 Å². The van der Waals surface area contributed by atoms with Gasteiger partial charge in [-0.3, -0.25) is 4.79 Å². The first kappa shape index (κ1) is 16.0. The first-order chi connectivity index (χ1) is 8.93. The fraction of sp³-hybridized carbons (Fsp3) is 0.500. The normalized spacial score (nSPS) is 10.6. The smallest absolute Gasteiger partial charge is 0.239 e. The molecule has 2 N–H and O–H groups in total. The standard InChI is InChI=1S/C14H21BrN2O2/c1-10(2)7-16-14(19)8-17(3)13-5-4-12(15)6-11(13)9-18/h4-6,10,18H,7-9H2,1-3H3,(H,16,19). The lowest BCUT2D eigenvalue weighted by Gasteiger charge is -2.22. The van der Waals surface area contributed by atoms with Gasteiger partial charge in [-0.25, -0.2) is 0 Å². The Kier molecular flexibility index (Phi) is 6.31. The summed E-state index contributed by atoms with van der Waals surface area (Å²) in [5.74, 6) is 0.429. The van der Waals surface area contributed by atoms with Crippen molar-refractivity contribution in [2.45, 2.75) is 20.5 Å². The largest absolute Gasteiger partial charge is 0.392 e. The van der Waals surface area contributed by atoms with Crippen LogP contribution in [0.15, 0.2) is 22.7 Å². The van der Waals surface area contributed by atoms with Crippen molar-refractivity contribution in [2.24, 2.45) is 5.92 Å². The minimum atomic E-state index is -0.0489. The van der Waals surface area contributed by atoms with Gasteiger partial charge in [0.25, 0.3) is 0 Å². The number of amides is 1. The zero-order valence-corrected chi connectivity index (χ0v) is 13.2. The van der Waals surface area contributed by atoms with Gasteiger partial charge in [0.15, 0.2) is 0 Å². The predicted molar refractivity (Wildman–Crippen MR) is 81.2 cm³/mol. The van der Waals surface area contributed by atoms with Crippen molar-refractivity contribution in [1.29, 1.82) is 0 Å². The van der Waals surface area contributed by atoms with Crippen LogP contribution in [0.3, 0.4) is 0 Å². The third kappa shape index (κ3) is 5.20. The van der Waals surface area contributed by atoms with E-state index in [1.165, 1.54) is 0 Å². The van der Waals surface area contributed by atoms with Gasteiger partial charge >= 0.3 is 0 Å². The summed E-state index contributed by atoms with van der Waals surface area (Å²) in [6, 6.07) is 5.65. The monoisotopic (exact) mass is 328 g/mol. The summed E-state index contributed by atoms with van der Waals surface area (Å²) in [4.78, 5) is 13.6. The highest BCUT2D eigenvalue weighted by Crippen LogP contribution is 2.23. The molecule has 5 heteroatoms. The summed E-state index contributed by atoms with van der Waals surface area (Å²) in [6.45, 7) is 5.03. The Morgan fingerprint density at radius 3 is 2.74 bits per heavy atom. The van der Waals surface area contributed by atoms with Crippen LogP contribution in [-0.2, 0) is 11.4 Å². The number of aliphatic hydroxyl groups excluding tert-OH is 1. The van der Waals surface area contributed by atoms with Gasteiger partial charge in [-0.05, 0) is 24.1 Å². The Bertz CT molecular complexity index is 435. The number of carbonyl (C=O) groups is 1. The topological polar surface area (TPSA) is 52.6 Å². The Morgan fingerprint density at radius 1 is 1.47 bits per heavy atom. The molecule has 1 amide bonds. The summed E-state index contributed by atoms with van der Waals surface area (Å²) < 4.78 is 0.915. The summed E-state index contributed by atoms with van der Waals surface area (Å²) >= 11 is 3.37. The Hall–Kier alpha value is -1.07. The number of aliphatic hydroxyl groups is 1. The zero-order valence-electron chi connectivity index (χ0n) is 11.6. The number of hydrogen-bond donors (Lipinski definition) is 2. The number of nitrogens with zero attached hydrogens (tertiary/aromatic N) is 1. The molecule has 0 aliphatic rings.